The number of unbranched alkanes of at least 4 members (excludes halogenated alkanes) is 34. The molecule has 0 fully saturated rings. The molecule has 0 aliphatic carbocycles. The number of rotatable bonds is 57. The van der Waals surface area contributed by atoms with Crippen molar-refractivity contribution in [2.24, 2.45) is 0 Å². The summed E-state index contributed by atoms with van der Waals surface area (Å²) in [7, 11) is 0. The molecule has 0 amide bonds. The first-order valence-electron chi connectivity index (χ1n) is 31.4. The summed E-state index contributed by atoms with van der Waals surface area (Å²) >= 11 is 0. The van der Waals surface area contributed by atoms with E-state index < -0.39 is 6.10 Å². The highest BCUT2D eigenvalue weighted by molar-refractivity contribution is 5.71. The second-order valence-corrected chi connectivity index (χ2v) is 21.0. The molecule has 0 rings (SSSR count). The van der Waals surface area contributed by atoms with Crippen molar-refractivity contribution < 1.29 is 28.6 Å². The SMILES string of the molecule is CCCCC/C=C\C/C=C\C/C=C\C/C=C\CCCCCC(=O)OC[C@H](COC(=O)CCCCCCCCCCCCC/C=C\CCCCCCCC)OC(=O)CCCCCCCCC/C=C\CCCCCC. The smallest absolute Gasteiger partial charge is 0.306 e. The van der Waals surface area contributed by atoms with E-state index in [0.717, 1.165) is 83.5 Å². The third kappa shape index (κ3) is 59.6. The van der Waals surface area contributed by atoms with Crippen molar-refractivity contribution in [2.45, 2.75) is 322 Å². The van der Waals surface area contributed by atoms with Crippen molar-refractivity contribution in [3.05, 3.63) is 72.9 Å². The van der Waals surface area contributed by atoms with E-state index in [2.05, 4.69) is 93.7 Å². The maximum absolute atomic E-state index is 12.9. The number of ether oxygens (including phenoxy) is 3. The molecule has 0 radical (unpaired) electrons. The van der Waals surface area contributed by atoms with E-state index >= 15 is 0 Å². The topological polar surface area (TPSA) is 78.9 Å². The van der Waals surface area contributed by atoms with Crippen molar-refractivity contribution >= 4 is 17.9 Å². The molecule has 0 N–H and O–H groups in total. The van der Waals surface area contributed by atoms with Crippen LogP contribution in [0.1, 0.15) is 316 Å². The molecular weight excluding hydrogens is 901 g/mol. The quantitative estimate of drug-likeness (QED) is 0.0261. The fraction of sp³-hybridized carbons (Fsp3) is 0.776. The van der Waals surface area contributed by atoms with Crippen LogP contribution >= 0.6 is 0 Å². The molecule has 0 saturated heterocycles. The lowest BCUT2D eigenvalue weighted by Gasteiger charge is -2.18. The molecule has 0 spiro atoms. The average Bonchev–Trinajstić information content (AvgIpc) is 3.39. The molecule has 422 valence electrons. The molecule has 1 atom stereocenters. The van der Waals surface area contributed by atoms with E-state index in [9.17, 15) is 14.4 Å². The van der Waals surface area contributed by atoms with Gasteiger partial charge in [-0.05, 0) is 116 Å². The molecular formula is C67H118O6. The second-order valence-electron chi connectivity index (χ2n) is 21.0. The van der Waals surface area contributed by atoms with E-state index in [-0.39, 0.29) is 31.1 Å². The van der Waals surface area contributed by atoms with Crippen molar-refractivity contribution in [1.82, 2.24) is 0 Å². The zero-order valence-electron chi connectivity index (χ0n) is 48.4. The minimum Gasteiger partial charge on any atom is -0.462 e. The molecule has 73 heavy (non-hydrogen) atoms. The Morgan fingerprint density at radius 1 is 0.274 bits per heavy atom. The highest BCUT2D eigenvalue weighted by Gasteiger charge is 2.19. The van der Waals surface area contributed by atoms with Gasteiger partial charge < -0.3 is 14.2 Å². The van der Waals surface area contributed by atoms with Gasteiger partial charge in [0.05, 0.1) is 0 Å². The number of allylic oxidation sites excluding steroid dienone is 12. The number of carbonyl (C=O) groups excluding carboxylic acids is 3. The first-order valence-corrected chi connectivity index (χ1v) is 31.4. The number of esters is 3. The second kappa shape index (κ2) is 61.4. The van der Waals surface area contributed by atoms with Gasteiger partial charge in [-0.1, -0.05) is 254 Å². The largest absolute Gasteiger partial charge is 0.462 e. The van der Waals surface area contributed by atoms with Gasteiger partial charge in [0, 0.05) is 19.3 Å². The summed E-state index contributed by atoms with van der Waals surface area (Å²) in [6.45, 7) is 6.60. The predicted octanol–water partition coefficient (Wildman–Crippen LogP) is 21.3. The lowest BCUT2D eigenvalue weighted by Crippen LogP contribution is -2.30. The molecule has 0 aliphatic rings. The van der Waals surface area contributed by atoms with Gasteiger partial charge in [-0.3, -0.25) is 14.4 Å². The summed E-state index contributed by atoms with van der Waals surface area (Å²) in [6, 6.07) is 0. The van der Waals surface area contributed by atoms with Gasteiger partial charge in [-0.25, -0.2) is 0 Å². The highest BCUT2D eigenvalue weighted by Crippen LogP contribution is 2.16. The Morgan fingerprint density at radius 2 is 0.493 bits per heavy atom. The van der Waals surface area contributed by atoms with E-state index in [0.29, 0.717) is 19.3 Å². The third-order valence-corrected chi connectivity index (χ3v) is 13.7. The van der Waals surface area contributed by atoms with E-state index in [4.69, 9.17) is 14.2 Å². The lowest BCUT2D eigenvalue weighted by molar-refractivity contribution is -0.167. The number of hydrogen-bond donors (Lipinski definition) is 0. The van der Waals surface area contributed by atoms with Crippen LogP contribution in [-0.2, 0) is 28.6 Å². The first kappa shape index (κ1) is 69.8. The van der Waals surface area contributed by atoms with Gasteiger partial charge in [0.1, 0.15) is 13.2 Å². The van der Waals surface area contributed by atoms with Crippen LogP contribution in [0.2, 0.25) is 0 Å². The molecule has 6 nitrogen and oxygen atoms in total. The average molecular weight is 1020 g/mol. The Morgan fingerprint density at radius 3 is 0.836 bits per heavy atom. The molecule has 0 aromatic heterocycles. The van der Waals surface area contributed by atoms with Crippen LogP contribution in [0.25, 0.3) is 0 Å². The van der Waals surface area contributed by atoms with Crippen LogP contribution in [-0.4, -0.2) is 37.2 Å². The fourth-order valence-electron chi connectivity index (χ4n) is 8.89. The van der Waals surface area contributed by atoms with Crippen LogP contribution in [0.4, 0.5) is 0 Å². The predicted molar refractivity (Wildman–Crippen MR) is 316 cm³/mol. The van der Waals surface area contributed by atoms with E-state index in [1.807, 2.05) is 0 Å². The molecule has 6 heteroatoms. The van der Waals surface area contributed by atoms with Crippen LogP contribution < -0.4 is 0 Å². The van der Waals surface area contributed by atoms with Gasteiger partial charge in [-0.15, -0.1) is 0 Å². The van der Waals surface area contributed by atoms with Crippen molar-refractivity contribution in [3.8, 4) is 0 Å². The molecule has 0 unspecified atom stereocenters. The summed E-state index contributed by atoms with van der Waals surface area (Å²) in [4.78, 5) is 38.3. The standard InChI is InChI=1S/C67H118O6/c1-4-7-10-13-16-19-22-25-28-30-32-33-35-37-40-42-45-48-51-54-57-60-66(69)72-63-64(73-67(70)61-58-55-52-49-46-43-38-27-24-21-18-15-12-9-6-3)62-71-65(68)59-56-53-50-47-44-41-39-36-34-31-29-26-23-20-17-14-11-8-5-2/h17,20-21,24-26,28-29,34,36,41,44,64H,4-16,18-19,22-23,27,30-33,35,37-40,42-43,45-63H2,1-3H3/b20-17-,24-21-,28-25-,29-26-,36-34-,44-41-/t64-/m1/s1. The Bertz CT molecular complexity index is 1360. The van der Waals surface area contributed by atoms with Crippen molar-refractivity contribution in [2.75, 3.05) is 13.2 Å². The maximum Gasteiger partial charge on any atom is 0.306 e. The van der Waals surface area contributed by atoms with E-state index in [1.165, 1.54) is 193 Å². The molecule has 0 saturated carbocycles. The zero-order chi connectivity index (χ0) is 52.9. The van der Waals surface area contributed by atoms with Gasteiger partial charge >= 0.3 is 17.9 Å². The van der Waals surface area contributed by atoms with Crippen molar-refractivity contribution in [3.63, 3.8) is 0 Å². The molecule has 0 aliphatic heterocycles. The minimum atomic E-state index is -0.792. The summed E-state index contributed by atoms with van der Waals surface area (Å²) in [6.07, 6.45) is 79.0. The van der Waals surface area contributed by atoms with Crippen LogP contribution in [0.5, 0.6) is 0 Å². The van der Waals surface area contributed by atoms with Gasteiger partial charge in [0.25, 0.3) is 0 Å². The Balaban J connectivity index is 4.39. The van der Waals surface area contributed by atoms with Crippen molar-refractivity contribution in [1.29, 1.82) is 0 Å². The number of hydrogen-bond acceptors (Lipinski definition) is 6. The Labute approximate surface area is 453 Å². The Hall–Kier alpha value is -3.15. The summed E-state index contributed by atoms with van der Waals surface area (Å²) in [5, 5.41) is 0. The van der Waals surface area contributed by atoms with Crippen LogP contribution in [0, 0.1) is 0 Å². The summed E-state index contributed by atoms with van der Waals surface area (Å²) in [5.74, 6) is -0.911. The normalized spacial score (nSPS) is 12.5. The van der Waals surface area contributed by atoms with Crippen LogP contribution in [0.15, 0.2) is 72.9 Å². The maximum atomic E-state index is 12.9. The molecule has 0 bridgehead atoms. The third-order valence-electron chi connectivity index (χ3n) is 13.7. The lowest BCUT2D eigenvalue weighted by atomic mass is 10.0. The van der Waals surface area contributed by atoms with E-state index in [1.54, 1.807) is 0 Å². The van der Waals surface area contributed by atoms with Gasteiger partial charge in [0.15, 0.2) is 6.10 Å². The summed E-state index contributed by atoms with van der Waals surface area (Å²) < 4.78 is 16.9. The first-order chi connectivity index (χ1) is 36.0. The highest BCUT2D eigenvalue weighted by atomic mass is 16.6. The fourth-order valence-corrected chi connectivity index (χ4v) is 8.89. The zero-order valence-corrected chi connectivity index (χ0v) is 48.4. The minimum absolute atomic E-state index is 0.0864. The monoisotopic (exact) mass is 1020 g/mol. The van der Waals surface area contributed by atoms with Crippen LogP contribution in [0.3, 0.4) is 0 Å². The number of carbonyl (C=O) groups is 3. The summed E-state index contributed by atoms with van der Waals surface area (Å²) in [5.41, 5.74) is 0. The molecule has 0 aromatic carbocycles. The molecule has 0 aromatic rings. The van der Waals surface area contributed by atoms with Gasteiger partial charge in [0.2, 0.25) is 0 Å². The molecule has 0 heterocycles. The Kier molecular flexibility index (Phi) is 58.7. The van der Waals surface area contributed by atoms with Gasteiger partial charge in [-0.2, -0.15) is 0 Å².